The van der Waals surface area contributed by atoms with Crippen LogP contribution in [0.1, 0.15) is 21.8 Å². The van der Waals surface area contributed by atoms with Gasteiger partial charge in [-0.05, 0) is 23.8 Å². The molecule has 0 aromatic heterocycles. The average Bonchev–Trinajstić information content (AvgIpc) is 2.46. The molecule has 0 spiro atoms. The number of methoxy groups -OCH3 is 1. The topological polar surface area (TPSA) is 46.5 Å². The number of carbonyl (C=O) groups excluding carboxylic acids is 1. The van der Waals surface area contributed by atoms with Crippen LogP contribution >= 0.6 is 0 Å². The molecule has 1 aromatic rings. The molecule has 112 valence electrons. The summed E-state index contributed by atoms with van der Waals surface area (Å²) in [5.74, 6) is -1.85. The highest BCUT2D eigenvalue weighted by molar-refractivity contribution is 5.89. The quantitative estimate of drug-likeness (QED) is 0.854. The van der Waals surface area contributed by atoms with Crippen LogP contribution in [-0.2, 0) is 4.74 Å². The van der Waals surface area contributed by atoms with E-state index in [1.165, 1.54) is 43.5 Å². The minimum absolute atomic E-state index is 0.229. The van der Waals surface area contributed by atoms with E-state index >= 15 is 0 Å². The van der Waals surface area contributed by atoms with Crippen molar-refractivity contribution in [3.8, 4) is 0 Å². The van der Waals surface area contributed by atoms with Crippen LogP contribution in [-0.4, -0.2) is 30.0 Å². The third kappa shape index (κ3) is 2.71. The molecule has 3 nitrogen and oxygen atoms in total. The van der Waals surface area contributed by atoms with Crippen LogP contribution in [0.25, 0.3) is 0 Å². The standard InChI is InChI=1S/C15H13F3O3/c1-21-13(19)11-7-5-10(6-8-11)12-4-2-3-9-14(12,20)15(16,17)18/h2-9,12,20H,1H3. The number of carbonyl (C=O) groups is 1. The van der Waals surface area contributed by atoms with E-state index in [0.717, 1.165) is 12.2 Å². The lowest BCUT2D eigenvalue weighted by Crippen LogP contribution is -2.48. The lowest BCUT2D eigenvalue weighted by atomic mass is 9.78. The van der Waals surface area contributed by atoms with Gasteiger partial charge >= 0.3 is 12.1 Å². The molecule has 1 N–H and O–H groups in total. The molecule has 21 heavy (non-hydrogen) atoms. The third-order valence-electron chi connectivity index (χ3n) is 3.38. The number of esters is 1. The lowest BCUT2D eigenvalue weighted by Gasteiger charge is -2.35. The van der Waals surface area contributed by atoms with Crippen LogP contribution in [0.2, 0.25) is 0 Å². The van der Waals surface area contributed by atoms with Gasteiger partial charge in [-0.15, -0.1) is 0 Å². The van der Waals surface area contributed by atoms with E-state index in [1.54, 1.807) is 0 Å². The number of halogens is 3. The van der Waals surface area contributed by atoms with Gasteiger partial charge < -0.3 is 9.84 Å². The van der Waals surface area contributed by atoms with Crippen molar-refractivity contribution in [2.75, 3.05) is 7.11 Å². The first-order valence-corrected chi connectivity index (χ1v) is 6.13. The van der Waals surface area contributed by atoms with Crippen molar-refractivity contribution >= 4 is 5.97 Å². The molecule has 0 bridgehead atoms. The van der Waals surface area contributed by atoms with Gasteiger partial charge in [0.15, 0.2) is 5.60 Å². The Morgan fingerprint density at radius 1 is 1.24 bits per heavy atom. The number of hydrogen-bond donors (Lipinski definition) is 1. The fraction of sp³-hybridized carbons (Fsp3) is 0.267. The highest BCUT2D eigenvalue weighted by Gasteiger charge is 2.57. The molecule has 1 aromatic carbocycles. The first-order chi connectivity index (χ1) is 9.79. The van der Waals surface area contributed by atoms with Gasteiger partial charge in [0, 0.05) is 5.92 Å². The molecule has 0 saturated heterocycles. The number of allylic oxidation sites excluding steroid dienone is 2. The number of ether oxygens (including phenoxy) is 1. The number of alkyl halides is 3. The maximum Gasteiger partial charge on any atom is 0.421 e. The van der Waals surface area contributed by atoms with Crippen LogP contribution in [0.5, 0.6) is 0 Å². The Morgan fingerprint density at radius 3 is 2.38 bits per heavy atom. The molecule has 0 heterocycles. The molecule has 2 atom stereocenters. The molecule has 1 aliphatic rings. The summed E-state index contributed by atoms with van der Waals surface area (Å²) in [4.78, 5) is 11.3. The Labute approximate surface area is 119 Å². The zero-order valence-corrected chi connectivity index (χ0v) is 11.1. The molecular weight excluding hydrogens is 285 g/mol. The molecule has 0 aliphatic heterocycles. The summed E-state index contributed by atoms with van der Waals surface area (Å²) in [5, 5.41) is 9.99. The molecule has 0 radical (unpaired) electrons. The Kier molecular flexibility index (Phi) is 3.91. The van der Waals surface area contributed by atoms with Gasteiger partial charge in [-0.3, -0.25) is 0 Å². The zero-order valence-electron chi connectivity index (χ0n) is 11.1. The van der Waals surface area contributed by atoms with Gasteiger partial charge in [0.05, 0.1) is 12.7 Å². The SMILES string of the molecule is COC(=O)c1ccc(C2C=CC=CC2(O)C(F)(F)F)cc1. The van der Waals surface area contributed by atoms with E-state index in [2.05, 4.69) is 4.74 Å². The second kappa shape index (κ2) is 5.37. The number of hydrogen-bond acceptors (Lipinski definition) is 3. The van der Waals surface area contributed by atoms with Crippen LogP contribution in [0.4, 0.5) is 13.2 Å². The van der Waals surface area contributed by atoms with Crippen molar-refractivity contribution in [3.05, 3.63) is 59.7 Å². The van der Waals surface area contributed by atoms with Gasteiger partial charge in [-0.2, -0.15) is 13.2 Å². The van der Waals surface area contributed by atoms with Crippen LogP contribution in [0, 0.1) is 0 Å². The Morgan fingerprint density at radius 2 is 1.86 bits per heavy atom. The van der Waals surface area contributed by atoms with Crippen LogP contribution in [0.15, 0.2) is 48.6 Å². The van der Waals surface area contributed by atoms with Gasteiger partial charge in [0.1, 0.15) is 0 Å². The molecule has 1 aliphatic carbocycles. The summed E-state index contributed by atoms with van der Waals surface area (Å²) in [7, 11) is 1.22. The Balaban J connectivity index is 2.38. The van der Waals surface area contributed by atoms with Gasteiger partial charge in [0.25, 0.3) is 0 Å². The maximum absolute atomic E-state index is 13.1. The predicted octanol–water partition coefficient (Wildman–Crippen LogP) is 2.98. The van der Waals surface area contributed by atoms with Crippen molar-refractivity contribution in [1.29, 1.82) is 0 Å². The van der Waals surface area contributed by atoms with E-state index in [1.807, 2.05) is 0 Å². The Bertz CT molecular complexity index is 587. The van der Waals surface area contributed by atoms with Crippen molar-refractivity contribution in [2.24, 2.45) is 0 Å². The second-order valence-electron chi connectivity index (χ2n) is 4.66. The monoisotopic (exact) mass is 298 g/mol. The Hall–Kier alpha value is -2.08. The smallest absolute Gasteiger partial charge is 0.421 e. The second-order valence-corrected chi connectivity index (χ2v) is 4.66. The largest absolute Gasteiger partial charge is 0.465 e. The first kappa shape index (κ1) is 15.3. The average molecular weight is 298 g/mol. The van der Waals surface area contributed by atoms with E-state index in [-0.39, 0.29) is 11.1 Å². The third-order valence-corrected chi connectivity index (χ3v) is 3.38. The molecule has 2 unspecified atom stereocenters. The van der Waals surface area contributed by atoms with E-state index < -0.39 is 23.7 Å². The fourth-order valence-corrected chi connectivity index (χ4v) is 2.21. The van der Waals surface area contributed by atoms with E-state index in [9.17, 15) is 23.1 Å². The summed E-state index contributed by atoms with van der Waals surface area (Å²) in [6, 6.07) is 5.47. The fourth-order valence-electron chi connectivity index (χ4n) is 2.21. The molecule has 2 rings (SSSR count). The molecule has 6 heteroatoms. The molecule has 0 amide bonds. The van der Waals surface area contributed by atoms with Crippen molar-refractivity contribution in [3.63, 3.8) is 0 Å². The van der Waals surface area contributed by atoms with E-state index in [0.29, 0.717) is 0 Å². The number of rotatable bonds is 2. The summed E-state index contributed by atoms with van der Waals surface area (Å²) in [5.41, 5.74) is -2.48. The van der Waals surface area contributed by atoms with Gasteiger partial charge in [-0.1, -0.05) is 30.4 Å². The normalized spacial score (nSPS) is 24.9. The summed E-state index contributed by atoms with van der Waals surface area (Å²) in [6.45, 7) is 0. The highest BCUT2D eigenvalue weighted by atomic mass is 19.4. The van der Waals surface area contributed by atoms with Gasteiger partial charge in [-0.25, -0.2) is 4.79 Å². The summed E-state index contributed by atoms with van der Waals surface area (Å²) >= 11 is 0. The number of benzene rings is 1. The number of aliphatic hydroxyl groups is 1. The zero-order chi connectivity index (χ0) is 15.7. The maximum atomic E-state index is 13.1. The first-order valence-electron chi connectivity index (χ1n) is 6.13. The van der Waals surface area contributed by atoms with Gasteiger partial charge in [0.2, 0.25) is 0 Å². The summed E-state index contributed by atoms with van der Waals surface area (Å²) in [6.07, 6.45) is -0.196. The highest BCUT2D eigenvalue weighted by Crippen LogP contribution is 2.44. The van der Waals surface area contributed by atoms with Crippen LogP contribution < -0.4 is 0 Å². The minimum atomic E-state index is -4.81. The predicted molar refractivity (Wildman–Crippen MR) is 69.8 cm³/mol. The minimum Gasteiger partial charge on any atom is -0.465 e. The van der Waals surface area contributed by atoms with Crippen molar-refractivity contribution in [2.45, 2.75) is 17.7 Å². The molecular formula is C15H13F3O3. The van der Waals surface area contributed by atoms with Crippen molar-refractivity contribution in [1.82, 2.24) is 0 Å². The summed E-state index contributed by atoms with van der Waals surface area (Å²) < 4.78 is 43.9. The van der Waals surface area contributed by atoms with Crippen molar-refractivity contribution < 1.29 is 27.8 Å². The molecule has 0 fully saturated rings. The molecule has 0 saturated carbocycles. The van der Waals surface area contributed by atoms with E-state index in [4.69, 9.17) is 0 Å². The lowest BCUT2D eigenvalue weighted by molar-refractivity contribution is -0.244. The van der Waals surface area contributed by atoms with Crippen LogP contribution in [0.3, 0.4) is 0 Å².